The molecule has 2 nitrogen and oxygen atoms in total. The van der Waals surface area contributed by atoms with Crippen LogP contribution in [-0.2, 0) is 0 Å². The van der Waals surface area contributed by atoms with Gasteiger partial charge in [0.25, 0.3) is 0 Å². The van der Waals surface area contributed by atoms with E-state index >= 15 is 0 Å². The van der Waals surface area contributed by atoms with Crippen LogP contribution in [0.5, 0.6) is 0 Å². The second-order valence-electron chi connectivity index (χ2n) is 4.64. The van der Waals surface area contributed by atoms with Crippen LogP contribution in [0.2, 0.25) is 0 Å². The molecule has 0 aromatic rings. The lowest BCUT2D eigenvalue weighted by atomic mass is 10.2. The van der Waals surface area contributed by atoms with Crippen LogP contribution in [0.1, 0.15) is 39.5 Å². The largest absolute Gasteiger partial charge is 0.384 e. The summed E-state index contributed by atoms with van der Waals surface area (Å²) in [7, 11) is 0. The second-order valence-corrected chi connectivity index (χ2v) is 4.64. The molecule has 0 atom stereocenters. The predicted molar refractivity (Wildman–Crippen MR) is 74.6 cm³/mol. The third-order valence-electron chi connectivity index (χ3n) is 3.11. The van der Waals surface area contributed by atoms with Crippen molar-refractivity contribution in [3.8, 4) is 11.8 Å². The third-order valence-corrected chi connectivity index (χ3v) is 3.11. The Bertz CT molecular complexity index is 241. The molecule has 0 fully saturated rings. The van der Waals surface area contributed by atoms with Crippen molar-refractivity contribution >= 4 is 0 Å². The Morgan fingerprint density at radius 3 is 2.12 bits per heavy atom. The van der Waals surface area contributed by atoms with E-state index in [1.807, 2.05) is 6.08 Å². The highest BCUT2D eigenvalue weighted by molar-refractivity contribution is 4.99. The molecule has 0 saturated heterocycles. The minimum Gasteiger partial charge on any atom is -0.384 e. The van der Waals surface area contributed by atoms with Crippen LogP contribution in [0, 0.1) is 11.8 Å². The van der Waals surface area contributed by atoms with Gasteiger partial charge < -0.3 is 9.59 Å². The normalized spacial score (nSPS) is 10.8. The molecule has 0 unspecified atom stereocenters. The molecule has 0 radical (unpaired) electrons. The molecule has 0 aromatic carbocycles. The highest BCUT2D eigenvalue weighted by Gasteiger charge is 2.23. The van der Waals surface area contributed by atoms with Gasteiger partial charge in [0.05, 0.1) is 19.6 Å². The van der Waals surface area contributed by atoms with E-state index < -0.39 is 0 Å². The fraction of sp³-hybridized carbons (Fsp3) is 0.733. The first-order valence-electron chi connectivity index (χ1n) is 6.77. The number of hydrogen-bond donors (Lipinski definition) is 1. The Kier molecular flexibility index (Phi) is 9.90. The van der Waals surface area contributed by atoms with E-state index in [-0.39, 0.29) is 6.61 Å². The summed E-state index contributed by atoms with van der Waals surface area (Å²) in [6, 6.07) is 0. The fourth-order valence-corrected chi connectivity index (χ4v) is 2.06. The van der Waals surface area contributed by atoms with Crippen molar-refractivity contribution in [3.63, 3.8) is 0 Å². The molecule has 0 rings (SSSR count). The standard InChI is InChI=1S/C15H28NO/c1-4-7-12-16(11-6-3,13-8-5-2)14-9-10-15-17/h6,17H,3-5,7-8,11-15H2,1-2H3/q+1. The Labute approximate surface area is 107 Å². The van der Waals surface area contributed by atoms with E-state index in [1.165, 1.54) is 38.8 Å². The van der Waals surface area contributed by atoms with Gasteiger partial charge in [-0.05, 0) is 24.8 Å². The molecule has 0 aliphatic rings. The number of quaternary nitrogens is 1. The minimum absolute atomic E-state index is 0.0321. The van der Waals surface area contributed by atoms with E-state index in [4.69, 9.17) is 5.11 Å². The number of hydrogen-bond acceptors (Lipinski definition) is 1. The molecule has 2 heteroatoms. The summed E-state index contributed by atoms with van der Waals surface area (Å²) in [5.74, 6) is 5.87. The molecule has 0 bridgehead atoms. The van der Waals surface area contributed by atoms with Crippen LogP contribution in [-0.4, -0.2) is 42.4 Å². The van der Waals surface area contributed by atoms with Crippen LogP contribution < -0.4 is 0 Å². The minimum atomic E-state index is -0.0321. The molecule has 0 aliphatic carbocycles. The Morgan fingerprint density at radius 2 is 1.71 bits per heavy atom. The Hall–Kier alpha value is -0.780. The molecule has 17 heavy (non-hydrogen) atoms. The van der Waals surface area contributed by atoms with E-state index in [1.54, 1.807) is 0 Å². The maximum Gasteiger partial charge on any atom is 0.141 e. The molecule has 0 saturated carbocycles. The topological polar surface area (TPSA) is 20.2 Å². The molecular formula is C15H28NO+. The maximum atomic E-state index is 8.74. The van der Waals surface area contributed by atoms with Gasteiger partial charge in [0, 0.05) is 0 Å². The number of aliphatic hydroxyl groups excluding tert-OH is 1. The highest BCUT2D eigenvalue weighted by Crippen LogP contribution is 2.12. The van der Waals surface area contributed by atoms with E-state index in [9.17, 15) is 0 Å². The van der Waals surface area contributed by atoms with Gasteiger partial charge in [-0.15, -0.1) is 0 Å². The monoisotopic (exact) mass is 238 g/mol. The first-order chi connectivity index (χ1) is 8.24. The quantitative estimate of drug-likeness (QED) is 0.372. The van der Waals surface area contributed by atoms with Crippen molar-refractivity contribution in [2.24, 2.45) is 0 Å². The molecule has 0 aromatic heterocycles. The SMILES string of the molecule is C=CC[N+](CC#CCO)(CCCC)CCCC. The van der Waals surface area contributed by atoms with Gasteiger partial charge in [-0.2, -0.15) is 0 Å². The zero-order chi connectivity index (χ0) is 13.0. The summed E-state index contributed by atoms with van der Waals surface area (Å²) >= 11 is 0. The van der Waals surface area contributed by atoms with Crippen molar-refractivity contribution in [1.29, 1.82) is 0 Å². The van der Waals surface area contributed by atoms with Crippen LogP contribution in [0.25, 0.3) is 0 Å². The molecule has 0 heterocycles. The first kappa shape index (κ1) is 16.2. The number of nitrogens with zero attached hydrogens (tertiary/aromatic N) is 1. The van der Waals surface area contributed by atoms with Gasteiger partial charge in [0.2, 0.25) is 0 Å². The molecule has 0 spiro atoms. The summed E-state index contributed by atoms with van der Waals surface area (Å²) in [6.07, 6.45) is 6.91. The average Bonchev–Trinajstić information content (AvgIpc) is 2.34. The summed E-state index contributed by atoms with van der Waals surface area (Å²) < 4.78 is 1.01. The zero-order valence-electron chi connectivity index (χ0n) is 11.5. The van der Waals surface area contributed by atoms with Gasteiger partial charge in [0.1, 0.15) is 13.2 Å². The summed E-state index contributed by atoms with van der Waals surface area (Å²) in [5, 5.41) is 8.74. The summed E-state index contributed by atoms with van der Waals surface area (Å²) in [4.78, 5) is 0. The molecular weight excluding hydrogens is 210 g/mol. The summed E-state index contributed by atoms with van der Waals surface area (Å²) in [5.41, 5.74) is 0. The van der Waals surface area contributed by atoms with Crippen molar-refractivity contribution in [1.82, 2.24) is 0 Å². The van der Waals surface area contributed by atoms with Gasteiger partial charge in [0.15, 0.2) is 0 Å². The second kappa shape index (κ2) is 10.4. The average molecular weight is 238 g/mol. The molecule has 0 aliphatic heterocycles. The van der Waals surface area contributed by atoms with Crippen molar-refractivity contribution in [3.05, 3.63) is 12.7 Å². The van der Waals surface area contributed by atoms with Crippen LogP contribution in [0.15, 0.2) is 12.7 Å². The molecule has 0 amide bonds. The highest BCUT2D eigenvalue weighted by atomic mass is 16.2. The Morgan fingerprint density at radius 1 is 1.12 bits per heavy atom. The molecule has 1 N–H and O–H groups in total. The van der Waals surface area contributed by atoms with E-state index in [0.717, 1.165) is 17.6 Å². The van der Waals surface area contributed by atoms with Gasteiger partial charge in [-0.1, -0.05) is 39.2 Å². The van der Waals surface area contributed by atoms with Crippen molar-refractivity contribution < 1.29 is 9.59 Å². The number of unbranched alkanes of at least 4 members (excludes halogenated alkanes) is 2. The van der Waals surface area contributed by atoms with Crippen molar-refractivity contribution in [2.75, 3.05) is 32.8 Å². The first-order valence-corrected chi connectivity index (χ1v) is 6.77. The molecule has 98 valence electrons. The fourth-order valence-electron chi connectivity index (χ4n) is 2.06. The van der Waals surface area contributed by atoms with Crippen LogP contribution in [0.4, 0.5) is 0 Å². The van der Waals surface area contributed by atoms with Crippen LogP contribution >= 0.6 is 0 Å². The van der Waals surface area contributed by atoms with Gasteiger partial charge in [-0.25, -0.2) is 0 Å². The summed E-state index contributed by atoms with van der Waals surface area (Å²) in [6.45, 7) is 12.5. The Balaban J connectivity index is 4.59. The van der Waals surface area contributed by atoms with Crippen LogP contribution in [0.3, 0.4) is 0 Å². The number of aliphatic hydroxyl groups is 1. The third kappa shape index (κ3) is 7.20. The smallest absolute Gasteiger partial charge is 0.141 e. The van der Waals surface area contributed by atoms with E-state index in [2.05, 4.69) is 32.3 Å². The lowest BCUT2D eigenvalue weighted by Crippen LogP contribution is -2.49. The van der Waals surface area contributed by atoms with Gasteiger partial charge >= 0.3 is 0 Å². The zero-order valence-corrected chi connectivity index (χ0v) is 11.5. The maximum absolute atomic E-state index is 8.74. The lowest BCUT2D eigenvalue weighted by Gasteiger charge is -2.36. The van der Waals surface area contributed by atoms with E-state index in [0.29, 0.717) is 0 Å². The van der Waals surface area contributed by atoms with Crippen molar-refractivity contribution in [2.45, 2.75) is 39.5 Å². The lowest BCUT2D eigenvalue weighted by molar-refractivity contribution is -0.916. The predicted octanol–water partition coefficient (Wildman–Crippen LogP) is 2.59. The number of rotatable bonds is 9. The van der Waals surface area contributed by atoms with Gasteiger partial charge in [-0.3, -0.25) is 0 Å².